The number of nitrogens with one attached hydrogen (secondary N) is 1. The Labute approximate surface area is 123 Å². The fourth-order valence-electron chi connectivity index (χ4n) is 2.68. The normalized spacial score (nSPS) is 16.9. The van der Waals surface area contributed by atoms with Gasteiger partial charge in [0.15, 0.2) is 6.04 Å². The maximum atomic E-state index is 12.0. The van der Waals surface area contributed by atoms with Crippen LogP contribution in [0.15, 0.2) is 24.3 Å². The van der Waals surface area contributed by atoms with Crippen molar-refractivity contribution in [1.82, 2.24) is 5.32 Å². The number of hydrogen-bond acceptors (Lipinski definition) is 2. The summed E-state index contributed by atoms with van der Waals surface area (Å²) in [6, 6.07) is 5.59. The summed E-state index contributed by atoms with van der Waals surface area (Å²) < 4.78 is 0. The molecule has 20 heavy (non-hydrogen) atoms. The molecule has 4 nitrogen and oxygen atoms in total. The number of hydrogen-bond donors (Lipinski definition) is 2. The quantitative estimate of drug-likeness (QED) is 0.877. The molecule has 0 radical (unpaired) electrons. The third-order valence-corrected chi connectivity index (χ3v) is 4.06. The average Bonchev–Trinajstić information content (AvgIpc) is 2.89. The van der Waals surface area contributed by atoms with Crippen LogP contribution in [0, 0.1) is 5.92 Å². The maximum absolute atomic E-state index is 12.0. The van der Waals surface area contributed by atoms with Gasteiger partial charge in [-0.05, 0) is 24.8 Å². The molecule has 0 unspecified atom stereocenters. The number of halogens is 1. The first-order chi connectivity index (χ1) is 9.58. The highest BCUT2D eigenvalue weighted by molar-refractivity contribution is 6.31. The number of carboxylic acids is 1. The van der Waals surface area contributed by atoms with Gasteiger partial charge in [-0.3, -0.25) is 4.79 Å². The first-order valence-electron chi connectivity index (χ1n) is 6.84. The Morgan fingerprint density at radius 2 is 1.95 bits per heavy atom. The Morgan fingerprint density at radius 1 is 1.30 bits per heavy atom. The van der Waals surface area contributed by atoms with Crippen molar-refractivity contribution in [2.45, 2.75) is 38.1 Å². The van der Waals surface area contributed by atoms with Gasteiger partial charge in [0, 0.05) is 17.0 Å². The Hall–Kier alpha value is -1.55. The van der Waals surface area contributed by atoms with E-state index >= 15 is 0 Å². The average molecular weight is 296 g/mol. The molecule has 1 aromatic carbocycles. The largest absolute Gasteiger partial charge is 0.479 e. The minimum absolute atomic E-state index is 0.218. The second kappa shape index (κ2) is 6.75. The summed E-state index contributed by atoms with van der Waals surface area (Å²) in [6.07, 6.45) is 4.82. The summed E-state index contributed by atoms with van der Waals surface area (Å²) in [5.41, 5.74) is 0.418. The molecule has 1 amide bonds. The Kier molecular flexibility index (Phi) is 5.01. The highest BCUT2D eigenvalue weighted by atomic mass is 35.5. The summed E-state index contributed by atoms with van der Waals surface area (Å²) in [6.45, 7) is 0. The van der Waals surface area contributed by atoms with Gasteiger partial charge in [-0.1, -0.05) is 42.6 Å². The Morgan fingerprint density at radius 3 is 2.55 bits per heavy atom. The maximum Gasteiger partial charge on any atom is 0.330 e. The fourth-order valence-corrected chi connectivity index (χ4v) is 2.92. The molecule has 0 spiro atoms. The number of rotatable bonds is 5. The second-order valence-corrected chi connectivity index (χ2v) is 5.62. The summed E-state index contributed by atoms with van der Waals surface area (Å²) in [7, 11) is 0. The van der Waals surface area contributed by atoms with Crippen molar-refractivity contribution >= 4 is 23.5 Å². The third kappa shape index (κ3) is 3.73. The topological polar surface area (TPSA) is 66.4 Å². The lowest BCUT2D eigenvalue weighted by atomic mass is 10.0. The molecular weight excluding hydrogens is 278 g/mol. The molecule has 1 saturated carbocycles. The van der Waals surface area contributed by atoms with E-state index in [2.05, 4.69) is 5.32 Å². The van der Waals surface area contributed by atoms with Crippen molar-refractivity contribution in [2.24, 2.45) is 5.92 Å². The molecule has 108 valence electrons. The molecule has 0 saturated heterocycles. The predicted molar refractivity (Wildman–Crippen MR) is 76.5 cm³/mol. The van der Waals surface area contributed by atoms with Gasteiger partial charge in [0.1, 0.15) is 0 Å². The van der Waals surface area contributed by atoms with Crippen molar-refractivity contribution in [2.75, 3.05) is 0 Å². The molecule has 2 rings (SSSR count). The molecule has 0 aliphatic heterocycles. The summed E-state index contributed by atoms with van der Waals surface area (Å²) in [4.78, 5) is 23.3. The molecule has 0 aromatic heterocycles. The van der Waals surface area contributed by atoms with Gasteiger partial charge in [0.25, 0.3) is 0 Å². The van der Waals surface area contributed by atoms with Crippen LogP contribution in [0.5, 0.6) is 0 Å². The van der Waals surface area contributed by atoms with Crippen molar-refractivity contribution < 1.29 is 14.7 Å². The smallest absolute Gasteiger partial charge is 0.330 e. The minimum atomic E-state index is -1.10. The monoisotopic (exact) mass is 295 g/mol. The van der Waals surface area contributed by atoms with E-state index < -0.39 is 12.0 Å². The predicted octanol–water partition coefficient (Wildman–Crippen LogP) is 3.16. The Balaban J connectivity index is 2.04. The number of carbonyl (C=O) groups excluding carboxylic acids is 1. The lowest BCUT2D eigenvalue weighted by molar-refractivity contribution is -0.142. The summed E-state index contributed by atoms with van der Waals surface area (Å²) >= 11 is 6.00. The molecule has 1 aromatic rings. The van der Waals surface area contributed by atoms with E-state index in [4.69, 9.17) is 11.6 Å². The van der Waals surface area contributed by atoms with Crippen LogP contribution in [0.4, 0.5) is 0 Å². The van der Waals surface area contributed by atoms with Crippen LogP contribution >= 0.6 is 11.6 Å². The zero-order valence-electron chi connectivity index (χ0n) is 11.1. The van der Waals surface area contributed by atoms with Gasteiger partial charge in [-0.2, -0.15) is 0 Å². The summed E-state index contributed by atoms with van der Waals surface area (Å²) in [5, 5.41) is 12.2. The van der Waals surface area contributed by atoms with E-state index in [1.807, 2.05) is 0 Å². The number of aliphatic carboxylic acids is 1. The van der Waals surface area contributed by atoms with Crippen LogP contribution < -0.4 is 5.32 Å². The molecule has 1 atom stereocenters. The van der Waals surface area contributed by atoms with Crippen LogP contribution in [0.3, 0.4) is 0 Å². The van der Waals surface area contributed by atoms with Gasteiger partial charge >= 0.3 is 5.97 Å². The molecule has 0 heterocycles. The van der Waals surface area contributed by atoms with Gasteiger partial charge < -0.3 is 10.4 Å². The van der Waals surface area contributed by atoms with E-state index in [1.165, 1.54) is 0 Å². The highest BCUT2D eigenvalue weighted by Gasteiger charge is 2.26. The lowest BCUT2D eigenvalue weighted by Crippen LogP contribution is -2.34. The van der Waals surface area contributed by atoms with Crippen LogP contribution in [-0.4, -0.2) is 17.0 Å². The van der Waals surface area contributed by atoms with Crippen molar-refractivity contribution in [3.63, 3.8) is 0 Å². The van der Waals surface area contributed by atoms with E-state index in [0.717, 1.165) is 25.7 Å². The zero-order valence-corrected chi connectivity index (χ0v) is 11.9. The van der Waals surface area contributed by atoms with Gasteiger partial charge in [0.2, 0.25) is 5.91 Å². The third-order valence-electron chi connectivity index (χ3n) is 3.72. The van der Waals surface area contributed by atoms with Crippen molar-refractivity contribution in [3.05, 3.63) is 34.9 Å². The highest BCUT2D eigenvalue weighted by Crippen LogP contribution is 2.28. The first-order valence-corrected chi connectivity index (χ1v) is 7.22. The molecule has 1 aliphatic carbocycles. The number of benzene rings is 1. The number of amides is 1. The molecule has 1 fully saturated rings. The number of carboxylic acid groups (broad SMARTS) is 1. The van der Waals surface area contributed by atoms with Crippen LogP contribution in [-0.2, 0) is 9.59 Å². The van der Waals surface area contributed by atoms with E-state index in [0.29, 0.717) is 22.9 Å². The van der Waals surface area contributed by atoms with E-state index in [9.17, 15) is 14.7 Å². The van der Waals surface area contributed by atoms with E-state index in [1.54, 1.807) is 24.3 Å². The Bertz CT molecular complexity index is 498. The van der Waals surface area contributed by atoms with Crippen LogP contribution in [0.25, 0.3) is 0 Å². The van der Waals surface area contributed by atoms with Crippen molar-refractivity contribution in [1.29, 1.82) is 0 Å². The van der Waals surface area contributed by atoms with E-state index in [-0.39, 0.29) is 5.91 Å². The van der Waals surface area contributed by atoms with Gasteiger partial charge in [0.05, 0.1) is 0 Å². The van der Waals surface area contributed by atoms with Gasteiger partial charge in [-0.15, -0.1) is 0 Å². The van der Waals surface area contributed by atoms with Crippen LogP contribution in [0.1, 0.15) is 43.7 Å². The second-order valence-electron chi connectivity index (χ2n) is 5.21. The fraction of sp³-hybridized carbons (Fsp3) is 0.467. The standard InChI is InChI=1S/C15H18ClNO3/c16-12-8-4-3-7-11(12)14(15(19)20)17-13(18)9-10-5-1-2-6-10/h3-4,7-8,10,14H,1-2,5-6,9H2,(H,17,18)(H,19,20)/t14-/m1/s1. The zero-order chi connectivity index (χ0) is 14.5. The van der Waals surface area contributed by atoms with Crippen LogP contribution in [0.2, 0.25) is 5.02 Å². The summed E-state index contributed by atoms with van der Waals surface area (Å²) in [5.74, 6) is -0.933. The molecule has 1 aliphatic rings. The lowest BCUT2D eigenvalue weighted by Gasteiger charge is -2.17. The number of carbonyl (C=O) groups is 2. The van der Waals surface area contributed by atoms with Gasteiger partial charge in [-0.25, -0.2) is 4.79 Å². The first kappa shape index (κ1) is 14.9. The minimum Gasteiger partial charge on any atom is -0.479 e. The molecule has 2 N–H and O–H groups in total. The molecule has 5 heteroatoms. The SMILES string of the molecule is O=C(CC1CCCC1)N[C@@H](C(=O)O)c1ccccc1Cl. The van der Waals surface area contributed by atoms with Crippen molar-refractivity contribution in [3.8, 4) is 0 Å². The molecular formula is C15H18ClNO3. The molecule has 0 bridgehead atoms.